The molecule has 2 aliphatic heterocycles. The zero-order chi connectivity index (χ0) is 13.2. The van der Waals surface area contributed by atoms with Gasteiger partial charge in [0.1, 0.15) is 6.04 Å². The van der Waals surface area contributed by atoms with Crippen LogP contribution in [0.5, 0.6) is 0 Å². The minimum Gasteiger partial charge on any atom is -0.341 e. The van der Waals surface area contributed by atoms with Gasteiger partial charge in [0.05, 0.1) is 12.0 Å². The Morgan fingerprint density at radius 3 is 2.95 bits per heavy atom. The van der Waals surface area contributed by atoms with E-state index in [1.54, 1.807) is 0 Å². The first-order chi connectivity index (χ1) is 9.27. The lowest BCUT2D eigenvalue weighted by atomic mass is 10.1. The lowest BCUT2D eigenvalue weighted by Crippen LogP contribution is -2.40. The fourth-order valence-electron chi connectivity index (χ4n) is 3.09. The van der Waals surface area contributed by atoms with Gasteiger partial charge >= 0.3 is 0 Å². The zero-order valence-corrected chi connectivity index (χ0v) is 11.6. The Morgan fingerprint density at radius 1 is 1.37 bits per heavy atom. The second-order valence-electron chi connectivity index (χ2n) is 5.53. The van der Waals surface area contributed by atoms with Gasteiger partial charge in [0.25, 0.3) is 0 Å². The Balaban J connectivity index is 1.77. The number of hydrogen-bond acceptors (Lipinski definition) is 3. The molecule has 1 N–H and O–H groups in total. The van der Waals surface area contributed by atoms with Crippen molar-refractivity contribution < 1.29 is 4.79 Å². The molecule has 0 spiro atoms. The SMILES string of the molecule is CC(C(=O)N1CCCCC1)n1cnc2c1CCNC2. The van der Waals surface area contributed by atoms with Crippen molar-refractivity contribution in [3.8, 4) is 0 Å². The van der Waals surface area contributed by atoms with Gasteiger partial charge in [-0.2, -0.15) is 0 Å². The highest BCUT2D eigenvalue weighted by molar-refractivity contribution is 5.80. The van der Waals surface area contributed by atoms with Gasteiger partial charge in [-0.3, -0.25) is 4.79 Å². The number of rotatable bonds is 2. The quantitative estimate of drug-likeness (QED) is 0.868. The van der Waals surface area contributed by atoms with E-state index in [-0.39, 0.29) is 11.9 Å². The number of hydrogen-bond donors (Lipinski definition) is 1. The molecule has 1 amide bonds. The van der Waals surface area contributed by atoms with Crippen LogP contribution >= 0.6 is 0 Å². The van der Waals surface area contributed by atoms with E-state index in [4.69, 9.17) is 0 Å². The largest absolute Gasteiger partial charge is 0.341 e. The Hall–Kier alpha value is -1.36. The summed E-state index contributed by atoms with van der Waals surface area (Å²) in [6.45, 7) is 5.64. The number of fused-ring (bicyclic) bond motifs is 1. The van der Waals surface area contributed by atoms with Gasteiger partial charge in [-0.25, -0.2) is 4.98 Å². The predicted octanol–water partition coefficient (Wildman–Crippen LogP) is 1.10. The molecule has 1 fully saturated rings. The standard InChI is InChI=1S/C14H22N4O/c1-11(14(19)17-7-3-2-4-8-17)18-10-16-12-9-15-6-5-13(12)18/h10-11,15H,2-9H2,1H3. The molecule has 0 aromatic carbocycles. The van der Waals surface area contributed by atoms with E-state index < -0.39 is 0 Å². The molecule has 1 unspecified atom stereocenters. The van der Waals surface area contributed by atoms with Crippen molar-refractivity contribution >= 4 is 5.91 Å². The molecule has 104 valence electrons. The molecule has 1 aromatic rings. The third-order valence-corrected chi connectivity index (χ3v) is 4.26. The molecular weight excluding hydrogens is 240 g/mol. The van der Waals surface area contributed by atoms with E-state index in [0.717, 1.165) is 51.1 Å². The highest BCUT2D eigenvalue weighted by Gasteiger charge is 2.26. The van der Waals surface area contributed by atoms with Crippen LogP contribution in [-0.4, -0.2) is 40.0 Å². The Bertz CT molecular complexity index is 462. The van der Waals surface area contributed by atoms with Crippen LogP contribution < -0.4 is 5.32 Å². The maximum Gasteiger partial charge on any atom is 0.245 e. The van der Waals surface area contributed by atoms with E-state index >= 15 is 0 Å². The van der Waals surface area contributed by atoms with E-state index in [1.165, 1.54) is 12.1 Å². The number of nitrogens with one attached hydrogen (secondary N) is 1. The average Bonchev–Trinajstić information content (AvgIpc) is 2.90. The van der Waals surface area contributed by atoms with Gasteiger partial charge < -0.3 is 14.8 Å². The van der Waals surface area contributed by atoms with Crippen molar-refractivity contribution in [1.29, 1.82) is 0 Å². The molecule has 3 rings (SSSR count). The lowest BCUT2D eigenvalue weighted by molar-refractivity contribution is -0.135. The Kier molecular flexibility index (Phi) is 3.55. The first-order valence-electron chi connectivity index (χ1n) is 7.31. The van der Waals surface area contributed by atoms with Crippen molar-refractivity contribution in [1.82, 2.24) is 19.8 Å². The van der Waals surface area contributed by atoms with Crippen molar-refractivity contribution in [2.45, 2.75) is 45.2 Å². The monoisotopic (exact) mass is 262 g/mol. The summed E-state index contributed by atoms with van der Waals surface area (Å²) in [7, 11) is 0. The fourth-order valence-corrected chi connectivity index (χ4v) is 3.09. The molecule has 1 aromatic heterocycles. The summed E-state index contributed by atoms with van der Waals surface area (Å²) in [6, 6.07) is -0.118. The molecule has 0 bridgehead atoms. The minimum atomic E-state index is -0.118. The van der Waals surface area contributed by atoms with Crippen molar-refractivity contribution in [2.75, 3.05) is 19.6 Å². The smallest absolute Gasteiger partial charge is 0.245 e. The lowest BCUT2D eigenvalue weighted by Gasteiger charge is -2.30. The first kappa shape index (κ1) is 12.7. The first-order valence-corrected chi connectivity index (χ1v) is 7.31. The van der Waals surface area contributed by atoms with Gasteiger partial charge in [-0.15, -0.1) is 0 Å². The van der Waals surface area contributed by atoms with E-state index in [0.29, 0.717) is 0 Å². The highest BCUT2D eigenvalue weighted by Crippen LogP contribution is 2.20. The number of imidazole rings is 1. The molecule has 0 radical (unpaired) electrons. The summed E-state index contributed by atoms with van der Waals surface area (Å²) in [6.07, 6.45) is 6.34. The van der Waals surface area contributed by atoms with Crippen molar-refractivity contribution in [2.24, 2.45) is 0 Å². The van der Waals surface area contributed by atoms with E-state index in [2.05, 4.69) is 14.9 Å². The summed E-state index contributed by atoms with van der Waals surface area (Å²) >= 11 is 0. The summed E-state index contributed by atoms with van der Waals surface area (Å²) in [4.78, 5) is 19.0. The maximum atomic E-state index is 12.5. The van der Waals surface area contributed by atoms with Crippen LogP contribution in [-0.2, 0) is 17.8 Å². The summed E-state index contributed by atoms with van der Waals surface area (Å²) < 4.78 is 2.08. The number of amides is 1. The normalized spacial score (nSPS) is 21.0. The topological polar surface area (TPSA) is 50.2 Å². The minimum absolute atomic E-state index is 0.118. The van der Waals surface area contributed by atoms with Crippen LogP contribution in [0.25, 0.3) is 0 Å². The number of carbonyl (C=O) groups is 1. The third kappa shape index (κ3) is 2.39. The predicted molar refractivity (Wildman–Crippen MR) is 72.8 cm³/mol. The van der Waals surface area contributed by atoms with Crippen LogP contribution in [0.3, 0.4) is 0 Å². The van der Waals surface area contributed by atoms with Crippen LogP contribution in [0.1, 0.15) is 43.6 Å². The molecule has 1 saturated heterocycles. The summed E-state index contributed by atoms with van der Waals surface area (Å²) in [5, 5.41) is 3.31. The van der Waals surface area contributed by atoms with E-state index in [9.17, 15) is 4.79 Å². The highest BCUT2D eigenvalue weighted by atomic mass is 16.2. The van der Waals surface area contributed by atoms with Crippen LogP contribution in [0, 0.1) is 0 Å². The number of nitrogens with zero attached hydrogens (tertiary/aromatic N) is 3. The molecule has 1 atom stereocenters. The molecule has 2 aliphatic rings. The fraction of sp³-hybridized carbons (Fsp3) is 0.714. The Morgan fingerprint density at radius 2 is 2.16 bits per heavy atom. The van der Waals surface area contributed by atoms with Gasteiger partial charge in [-0.1, -0.05) is 0 Å². The van der Waals surface area contributed by atoms with Gasteiger partial charge in [0, 0.05) is 38.3 Å². The second kappa shape index (κ2) is 5.33. The van der Waals surface area contributed by atoms with Gasteiger partial charge in [0.15, 0.2) is 0 Å². The number of aromatic nitrogens is 2. The number of piperidine rings is 1. The molecule has 0 aliphatic carbocycles. The molecule has 0 saturated carbocycles. The molecule has 19 heavy (non-hydrogen) atoms. The molecule has 3 heterocycles. The van der Waals surface area contributed by atoms with Crippen LogP contribution in [0.4, 0.5) is 0 Å². The summed E-state index contributed by atoms with van der Waals surface area (Å²) in [5.74, 6) is 0.249. The molecule has 5 heteroatoms. The second-order valence-corrected chi connectivity index (χ2v) is 5.53. The van der Waals surface area contributed by atoms with E-state index in [1.807, 2.05) is 18.2 Å². The van der Waals surface area contributed by atoms with Crippen LogP contribution in [0.15, 0.2) is 6.33 Å². The average molecular weight is 262 g/mol. The zero-order valence-electron chi connectivity index (χ0n) is 11.6. The maximum absolute atomic E-state index is 12.5. The number of carbonyl (C=O) groups excluding carboxylic acids is 1. The summed E-state index contributed by atoms with van der Waals surface area (Å²) in [5.41, 5.74) is 2.33. The van der Waals surface area contributed by atoms with Gasteiger partial charge in [-0.05, 0) is 26.2 Å². The van der Waals surface area contributed by atoms with Crippen molar-refractivity contribution in [3.05, 3.63) is 17.7 Å². The Labute approximate surface area is 114 Å². The van der Waals surface area contributed by atoms with Crippen molar-refractivity contribution in [3.63, 3.8) is 0 Å². The molecular formula is C14H22N4O. The number of likely N-dealkylation sites (tertiary alicyclic amines) is 1. The van der Waals surface area contributed by atoms with Crippen LogP contribution in [0.2, 0.25) is 0 Å². The van der Waals surface area contributed by atoms with Gasteiger partial charge in [0.2, 0.25) is 5.91 Å². The molecule has 5 nitrogen and oxygen atoms in total. The third-order valence-electron chi connectivity index (χ3n) is 4.26.